The van der Waals surface area contributed by atoms with E-state index >= 15 is 0 Å². The van der Waals surface area contributed by atoms with Gasteiger partial charge in [0.1, 0.15) is 11.9 Å². The molecule has 27 heavy (non-hydrogen) atoms. The summed E-state index contributed by atoms with van der Waals surface area (Å²) in [5.41, 5.74) is 1.49. The molecule has 0 aliphatic rings. The maximum Gasteiger partial charge on any atom is 0.191 e. The van der Waals surface area contributed by atoms with Gasteiger partial charge in [0.05, 0.1) is 19.8 Å². The Morgan fingerprint density at radius 3 is 2.52 bits per heavy atom. The predicted molar refractivity (Wildman–Crippen MR) is 106 cm³/mol. The number of Topliss-reactive ketones (excluding diaryl/α,β-unsaturated/α-hetero) is 1. The monoisotopic (exact) mass is 371 g/mol. The number of aliphatic hydroxyl groups excluding tert-OH is 1. The van der Waals surface area contributed by atoms with Gasteiger partial charge in [-0.1, -0.05) is 55.5 Å². The van der Waals surface area contributed by atoms with Crippen LogP contribution in [0.1, 0.15) is 29.3 Å². The lowest BCUT2D eigenvalue weighted by Crippen LogP contribution is -2.35. The van der Waals surface area contributed by atoms with Crippen LogP contribution in [0.2, 0.25) is 0 Å². The Balaban J connectivity index is 2.09. The van der Waals surface area contributed by atoms with Crippen molar-refractivity contribution in [1.82, 2.24) is 5.32 Å². The van der Waals surface area contributed by atoms with Crippen molar-refractivity contribution in [2.24, 2.45) is 0 Å². The highest BCUT2D eigenvalue weighted by Crippen LogP contribution is 2.21. The van der Waals surface area contributed by atoms with Crippen LogP contribution in [-0.4, -0.2) is 49.9 Å². The molecular weight excluding hydrogens is 342 g/mol. The number of para-hydroxylation sites is 1. The third-order valence-electron chi connectivity index (χ3n) is 4.25. The molecule has 0 aliphatic heterocycles. The van der Waals surface area contributed by atoms with Gasteiger partial charge in [-0.3, -0.25) is 4.79 Å². The Bertz CT molecular complexity index is 690. The molecule has 0 aliphatic carbocycles. The molecule has 2 N–H and O–H groups in total. The molecule has 0 bridgehead atoms. The highest BCUT2D eigenvalue weighted by Gasteiger charge is 2.23. The first-order chi connectivity index (χ1) is 13.2. The van der Waals surface area contributed by atoms with E-state index in [0.29, 0.717) is 18.5 Å². The predicted octanol–water partition coefficient (Wildman–Crippen LogP) is 2.87. The maximum absolute atomic E-state index is 13.0. The zero-order valence-corrected chi connectivity index (χ0v) is 16.1. The van der Waals surface area contributed by atoms with Gasteiger partial charge < -0.3 is 19.9 Å². The van der Waals surface area contributed by atoms with E-state index in [-0.39, 0.29) is 12.4 Å². The van der Waals surface area contributed by atoms with Crippen molar-refractivity contribution in [2.75, 3.05) is 26.8 Å². The van der Waals surface area contributed by atoms with Crippen molar-refractivity contribution >= 4 is 5.78 Å². The number of benzene rings is 2. The lowest BCUT2D eigenvalue weighted by molar-refractivity contribution is -0.00176. The number of nitrogens with one attached hydrogen (secondary N) is 1. The molecule has 2 aromatic rings. The minimum atomic E-state index is -0.690. The normalized spacial score (nSPS) is 13.1. The molecule has 5 nitrogen and oxygen atoms in total. The Kier molecular flexibility index (Phi) is 8.98. The van der Waals surface area contributed by atoms with Crippen molar-refractivity contribution in [3.8, 4) is 5.75 Å². The Morgan fingerprint density at radius 2 is 1.81 bits per heavy atom. The van der Waals surface area contributed by atoms with E-state index in [1.807, 2.05) is 42.5 Å². The number of ketones is 1. The van der Waals surface area contributed by atoms with Crippen molar-refractivity contribution < 1.29 is 19.4 Å². The van der Waals surface area contributed by atoms with Gasteiger partial charge in [-0.2, -0.15) is 0 Å². The summed E-state index contributed by atoms with van der Waals surface area (Å²) in [6.45, 7) is 3.44. The number of ether oxygens (including phenoxy) is 2. The second kappa shape index (κ2) is 11.5. The van der Waals surface area contributed by atoms with Gasteiger partial charge in [0.15, 0.2) is 5.78 Å². The number of rotatable bonds is 12. The minimum Gasteiger partial charge on any atom is -0.496 e. The Hall–Kier alpha value is -2.21. The summed E-state index contributed by atoms with van der Waals surface area (Å²) in [4.78, 5) is 13.0. The fourth-order valence-electron chi connectivity index (χ4n) is 2.82. The quantitative estimate of drug-likeness (QED) is 0.444. The second-order valence-corrected chi connectivity index (χ2v) is 6.43. The summed E-state index contributed by atoms with van der Waals surface area (Å²) in [5, 5.41) is 13.3. The van der Waals surface area contributed by atoms with E-state index in [1.165, 1.54) is 0 Å². The molecule has 2 rings (SSSR count). The van der Waals surface area contributed by atoms with Gasteiger partial charge in [-0.25, -0.2) is 0 Å². The van der Waals surface area contributed by atoms with Crippen LogP contribution in [0.5, 0.6) is 5.75 Å². The summed E-state index contributed by atoms with van der Waals surface area (Å²) in [5.74, 6) is 0.618. The topological polar surface area (TPSA) is 67.8 Å². The molecule has 5 heteroatoms. The van der Waals surface area contributed by atoms with Gasteiger partial charge in [0.2, 0.25) is 0 Å². The Morgan fingerprint density at radius 1 is 1.11 bits per heavy atom. The van der Waals surface area contributed by atoms with E-state index in [9.17, 15) is 9.90 Å². The van der Waals surface area contributed by atoms with Crippen LogP contribution in [0, 0.1) is 0 Å². The molecule has 2 atom stereocenters. The number of aliphatic hydroxyl groups is 1. The number of carbonyl (C=O) groups excluding carboxylic acids is 1. The molecular formula is C22H29NO4. The molecule has 0 amide bonds. The minimum absolute atomic E-state index is 0.0924. The first kappa shape index (κ1) is 21.1. The molecule has 0 heterocycles. The number of carbonyl (C=O) groups is 1. The number of hydrogen-bond donors (Lipinski definition) is 2. The zero-order valence-electron chi connectivity index (χ0n) is 16.1. The molecule has 0 fully saturated rings. The highest BCUT2D eigenvalue weighted by molar-refractivity contribution is 5.99. The fraction of sp³-hybridized carbons (Fsp3) is 0.409. The average Bonchev–Trinajstić information content (AvgIpc) is 2.71. The molecule has 2 unspecified atom stereocenters. The fourth-order valence-corrected chi connectivity index (χ4v) is 2.82. The van der Waals surface area contributed by atoms with Crippen LogP contribution < -0.4 is 10.1 Å². The van der Waals surface area contributed by atoms with Crippen LogP contribution in [0.25, 0.3) is 0 Å². The standard InChI is InChI=1S/C22H29NO4/c1-3-13-23-15-19(24)16-27-21(22(25)17-9-5-4-6-10-17)14-18-11-7-8-12-20(18)26-2/h4-12,19,21,23-24H,3,13-16H2,1-2H3. The van der Waals surface area contributed by atoms with E-state index in [1.54, 1.807) is 19.2 Å². The Labute approximate surface area is 161 Å². The van der Waals surface area contributed by atoms with Crippen molar-refractivity contribution in [3.05, 3.63) is 65.7 Å². The third-order valence-corrected chi connectivity index (χ3v) is 4.25. The molecule has 0 saturated heterocycles. The van der Waals surface area contributed by atoms with E-state index in [4.69, 9.17) is 9.47 Å². The van der Waals surface area contributed by atoms with Crippen molar-refractivity contribution in [2.45, 2.75) is 32.0 Å². The third kappa shape index (κ3) is 6.79. The number of methoxy groups -OCH3 is 1. The smallest absolute Gasteiger partial charge is 0.191 e. The first-order valence-corrected chi connectivity index (χ1v) is 9.37. The lowest BCUT2D eigenvalue weighted by atomic mass is 9.99. The second-order valence-electron chi connectivity index (χ2n) is 6.43. The van der Waals surface area contributed by atoms with Gasteiger partial charge in [-0.05, 0) is 24.6 Å². The van der Waals surface area contributed by atoms with Crippen molar-refractivity contribution in [1.29, 1.82) is 0 Å². The summed E-state index contributed by atoms with van der Waals surface area (Å²) in [7, 11) is 1.61. The van der Waals surface area contributed by atoms with Gasteiger partial charge >= 0.3 is 0 Å². The first-order valence-electron chi connectivity index (χ1n) is 9.37. The van der Waals surface area contributed by atoms with Crippen molar-refractivity contribution in [3.63, 3.8) is 0 Å². The summed E-state index contributed by atoms with van der Waals surface area (Å²) < 4.78 is 11.3. The molecule has 0 aromatic heterocycles. The summed E-state index contributed by atoms with van der Waals surface area (Å²) in [6, 6.07) is 16.7. The van der Waals surface area contributed by atoms with Gasteiger partial charge in [0, 0.05) is 18.5 Å². The van der Waals surface area contributed by atoms with E-state index in [2.05, 4.69) is 12.2 Å². The van der Waals surface area contributed by atoms with Gasteiger partial charge in [0.25, 0.3) is 0 Å². The highest BCUT2D eigenvalue weighted by atomic mass is 16.5. The molecule has 0 saturated carbocycles. The van der Waals surface area contributed by atoms with E-state index < -0.39 is 12.2 Å². The van der Waals surface area contributed by atoms with E-state index in [0.717, 1.165) is 24.3 Å². The van der Waals surface area contributed by atoms with Crippen LogP contribution in [-0.2, 0) is 11.2 Å². The van der Waals surface area contributed by atoms with Crippen LogP contribution in [0.4, 0.5) is 0 Å². The zero-order chi connectivity index (χ0) is 19.5. The summed E-state index contributed by atoms with van der Waals surface area (Å²) in [6.07, 6.45) is 0.0217. The lowest BCUT2D eigenvalue weighted by Gasteiger charge is -2.20. The molecule has 0 spiro atoms. The van der Waals surface area contributed by atoms with Gasteiger partial charge in [-0.15, -0.1) is 0 Å². The average molecular weight is 371 g/mol. The SMILES string of the molecule is CCCNCC(O)COC(Cc1ccccc1OC)C(=O)c1ccccc1. The molecule has 0 radical (unpaired) electrons. The van der Waals surface area contributed by atoms with Crippen LogP contribution in [0.3, 0.4) is 0 Å². The summed E-state index contributed by atoms with van der Waals surface area (Å²) >= 11 is 0. The molecule has 146 valence electrons. The molecule has 2 aromatic carbocycles. The maximum atomic E-state index is 13.0. The number of hydrogen-bond acceptors (Lipinski definition) is 5. The van der Waals surface area contributed by atoms with Crippen LogP contribution >= 0.6 is 0 Å². The van der Waals surface area contributed by atoms with Crippen LogP contribution in [0.15, 0.2) is 54.6 Å². The largest absolute Gasteiger partial charge is 0.496 e.